The van der Waals surface area contributed by atoms with Gasteiger partial charge in [-0.2, -0.15) is 0 Å². The van der Waals surface area contributed by atoms with Gasteiger partial charge in [0, 0.05) is 26.0 Å². The first-order valence-electron chi connectivity index (χ1n) is 4.75. The zero-order valence-corrected chi connectivity index (χ0v) is 9.81. The van der Waals surface area contributed by atoms with E-state index in [4.69, 9.17) is 16.9 Å². The molecule has 0 fully saturated rings. The summed E-state index contributed by atoms with van der Waals surface area (Å²) >= 11 is 1.61. The molecule has 0 saturated carbocycles. The molecule has 0 rings (SSSR count). The first-order chi connectivity index (χ1) is 7.22. The molecule has 4 nitrogen and oxygen atoms in total. The van der Waals surface area contributed by atoms with Crippen LogP contribution in [0.1, 0.15) is 6.42 Å². The second-order valence-electron chi connectivity index (χ2n) is 2.94. The number of hydrogen-bond donors (Lipinski definition) is 2. The molecule has 15 heavy (non-hydrogen) atoms. The summed E-state index contributed by atoms with van der Waals surface area (Å²) in [6.07, 6.45) is 5.62. The van der Waals surface area contributed by atoms with E-state index in [1.165, 1.54) is 0 Å². The number of carbonyl (C=O) groups is 1. The summed E-state index contributed by atoms with van der Waals surface area (Å²) in [5, 5.41) is 2.74. The number of carbonyl (C=O) groups excluding carboxylic acids is 1. The van der Waals surface area contributed by atoms with Crippen LogP contribution in [-0.4, -0.2) is 43.7 Å². The molecule has 0 radical (unpaired) electrons. The molecular formula is C10H18N2O2S. The zero-order valence-electron chi connectivity index (χ0n) is 8.99. The van der Waals surface area contributed by atoms with Crippen molar-refractivity contribution >= 4 is 17.7 Å². The van der Waals surface area contributed by atoms with Gasteiger partial charge in [-0.15, -0.1) is 18.2 Å². The third-order valence-corrected chi connectivity index (χ3v) is 2.56. The lowest BCUT2D eigenvalue weighted by Gasteiger charge is -2.11. The minimum absolute atomic E-state index is 0.131. The van der Waals surface area contributed by atoms with E-state index in [-0.39, 0.29) is 5.91 Å². The second kappa shape index (κ2) is 9.84. The molecule has 0 aliphatic heterocycles. The van der Waals surface area contributed by atoms with E-state index in [2.05, 4.69) is 11.2 Å². The van der Waals surface area contributed by atoms with Gasteiger partial charge in [0.1, 0.15) is 0 Å². The minimum Gasteiger partial charge on any atom is -0.385 e. The van der Waals surface area contributed by atoms with Gasteiger partial charge in [-0.25, -0.2) is 0 Å². The predicted molar refractivity (Wildman–Crippen MR) is 63.6 cm³/mol. The summed E-state index contributed by atoms with van der Waals surface area (Å²) < 4.78 is 4.83. The maximum atomic E-state index is 11.3. The van der Waals surface area contributed by atoms with Crippen molar-refractivity contribution in [2.45, 2.75) is 12.5 Å². The van der Waals surface area contributed by atoms with Crippen molar-refractivity contribution in [1.82, 2.24) is 5.32 Å². The molecule has 0 spiro atoms. The van der Waals surface area contributed by atoms with Crippen LogP contribution in [0.2, 0.25) is 0 Å². The SMILES string of the molecule is C#CCSCCNC(=O)C(N)CCOC. The van der Waals surface area contributed by atoms with Crippen molar-refractivity contribution in [3.8, 4) is 12.3 Å². The van der Waals surface area contributed by atoms with E-state index in [9.17, 15) is 4.79 Å². The van der Waals surface area contributed by atoms with Crippen molar-refractivity contribution < 1.29 is 9.53 Å². The van der Waals surface area contributed by atoms with Crippen LogP contribution in [0.5, 0.6) is 0 Å². The minimum atomic E-state index is -0.484. The van der Waals surface area contributed by atoms with Gasteiger partial charge in [-0.1, -0.05) is 5.92 Å². The molecule has 3 N–H and O–H groups in total. The molecule has 86 valence electrons. The smallest absolute Gasteiger partial charge is 0.237 e. The number of amides is 1. The fourth-order valence-electron chi connectivity index (χ4n) is 0.885. The zero-order chi connectivity index (χ0) is 11.5. The van der Waals surface area contributed by atoms with Crippen LogP contribution in [0, 0.1) is 12.3 Å². The van der Waals surface area contributed by atoms with Gasteiger partial charge in [0.05, 0.1) is 11.8 Å². The molecule has 0 aromatic rings. The van der Waals surface area contributed by atoms with Gasteiger partial charge >= 0.3 is 0 Å². The van der Waals surface area contributed by atoms with Crippen LogP contribution in [0.3, 0.4) is 0 Å². The topological polar surface area (TPSA) is 64.4 Å². The van der Waals surface area contributed by atoms with Gasteiger partial charge in [0.25, 0.3) is 0 Å². The van der Waals surface area contributed by atoms with Gasteiger partial charge in [-0.05, 0) is 6.42 Å². The number of ether oxygens (including phenoxy) is 1. The van der Waals surface area contributed by atoms with E-state index in [1.54, 1.807) is 18.9 Å². The van der Waals surface area contributed by atoms with Crippen LogP contribution in [0.15, 0.2) is 0 Å². The highest BCUT2D eigenvalue weighted by Crippen LogP contribution is 1.95. The lowest BCUT2D eigenvalue weighted by atomic mass is 10.2. The molecule has 0 aliphatic rings. The molecule has 0 aliphatic carbocycles. The molecule has 0 aromatic heterocycles. The second-order valence-corrected chi connectivity index (χ2v) is 4.04. The van der Waals surface area contributed by atoms with E-state index >= 15 is 0 Å². The first-order valence-corrected chi connectivity index (χ1v) is 5.91. The van der Waals surface area contributed by atoms with Crippen molar-refractivity contribution in [2.24, 2.45) is 5.73 Å². The standard InChI is InChI=1S/C10H18N2O2S/c1-3-7-15-8-5-12-10(13)9(11)4-6-14-2/h1,9H,4-8,11H2,2H3,(H,12,13). The van der Waals surface area contributed by atoms with E-state index in [0.29, 0.717) is 25.3 Å². The predicted octanol–water partition coefficient (Wildman–Crippen LogP) is -0.167. The highest BCUT2D eigenvalue weighted by molar-refractivity contribution is 7.99. The monoisotopic (exact) mass is 230 g/mol. The van der Waals surface area contributed by atoms with Gasteiger partial charge < -0.3 is 15.8 Å². The van der Waals surface area contributed by atoms with Crippen LogP contribution in [0.4, 0.5) is 0 Å². The number of rotatable bonds is 8. The third kappa shape index (κ3) is 8.30. The normalized spacial score (nSPS) is 11.8. The molecule has 0 aromatic carbocycles. The molecule has 0 saturated heterocycles. The summed E-state index contributed by atoms with van der Waals surface area (Å²) in [5.41, 5.74) is 5.61. The Hall–Kier alpha value is -0.700. The molecular weight excluding hydrogens is 212 g/mol. The largest absolute Gasteiger partial charge is 0.385 e. The van der Waals surface area contributed by atoms with Crippen LogP contribution in [0.25, 0.3) is 0 Å². The summed E-state index contributed by atoms with van der Waals surface area (Å²) in [4.78, 5) is 11.3. The summed E-state index contributed by atoms with van der Waals surface area (Å²) in [6, 6.07) is -0.484. The Kier molecular flexibility index (Phi) is 9.38. The Morgan fingerprint density at radius 2 is 2.47 bits per heavy atom. The van der Waals surface area contributed by atoms with Gasteiger partial charge in [-0.3, -0.25) is 4.79 Å². The number of hydrogen-bond acceptors (Lipinski definition) is 4. The fourth-order valence-corrected chi connectivity index (χ4v) is 1.39. The van der Waals surface area contributed by atoms with E-state index in [0.717, 1.165) is 5.75 Å². The van der Waals surface area contributed by atoms with Crippen molar-refractivity contribution in [1.29, 1.82) is 0 Å². The van der Waals surface area contributed by atoms with Crippen molar-refractivity contribution in [3.05, 3.63) is 0 Å². The maximum absolute atomic E-state index is 11.3. The summed E-state index contributed by atoms with van der Waals surface area (Å²) in [7, 11) is 1.58. The van der Waals surface area contributed by atoms with Gasteiger partial charge in [0.2, 0.25) is 5.91 Å². The summed E-state index contributed by atoms with van der Waals surface area (Å²) in [5.74, 6) is 3.87. The average Bonchev–Trinajstić information content (AvgIpc) is 2.25. The van der Waals surface area contributed by atoms with E-state index in [1.807, 2.05) is 0 Å². The van der Waals surface area contributed by atoms with Crippen LogP contribution < -0.4 is 11.1 Å². The number of nitrogens with one attached hydrogen (secondary N) is 1. The Balaban J connectivity index is 3.43. The quantitative estimate of drug-likeness (QED) is 0.449. The third-order valence-electron chi connectivity index (χ3n) is 1.70. The number of terminal acetylenes is 1. The van der Waals surface area contributed by atoms with Crippen LogP contribution in [-0.2, 0) is 9.53 Å². The highest BCUT2D eigenvalue weighted by atomic mass is 32.2. The van der Waals surface area contributed by atoms with Crippen molar-refractivity contribution in [3.63, 3.8) is 0 Å². The highest BCUT2D eigenvalue weighted by Gasteiger charge is 2.11. The van der Waals surface area contributed by atoms with Crippen molar-refractivity contribution in [2.75, 3.05) is 31.8 Å². The fraction of sp³-hybridized carbons (Fsp3) is 0.700. The average molecular weight is 230 g/mol. The van der Waals surface area contributed by atoms with Crippen LogP contribution >= 0.6 is 11.8 Å². The maximum Gasteiger partial charge on any atom is 0.237 e. The molecule has 1 unspecified atom stereocenters. The Morgan fingerprint density at radius 3 is 3.07 bits per heavy atom. The Morgan fingerprint density at radius 1 is 1.73 bits per heavy atom. The molecule has 5 heteroatoms. The summed E-state index contributed by atoms with van der Waals surface area (Å²) in [6.45, 7) is 1.10. The Labute approximate surface area is 95.3 Å². The molecule has 1 amide bonds. The molecule has 0 bridgehead atoms. The first kappa shape index (κ1) is 14.3. The Bertz CT molecular complexity index is 216. The number of methoxy groups -OCH3 is 1. The lowest BCUT2D eigenvalue weighted by Crippen LogP contribution is -2.42. The number of nitrogens with two attached hydrogens (primary N) is 1. The van der Waals surface area contributed by atoms with E-state index < -0.39 is 6.04 Å². The molecule has 1 atom stereocenters. The number of thioether (sulfide) groups is 1. The molecule has 0 heterocycles. The van der Waals surface area contributed by atoms with Gasteiger partial charge in [0.15, 0.2) is 0 Å². The lowest BCUT2D eigenvalue weighted by molar-refractivity contribution is -0.122.